The molecule has 0 heterocycles. The molecule has 4 heteroatoms. The monoisotopic (exact) mass is 211 g/mol. The SMILES string of the molecule is CNC(C(=O)O)c1ccc(SC)cc1. The Morgan fingerprint density at radius 3 is 2.36 bits per heavy atom. The number of thioether (sulfide) groups is 1. The molecular formula is C10H13NO2S. The van der Waals surface area contributed by atoms with Crippen molar-refractivity contribution in [1.29, 1.82) is 0 Å². The van der Waals surface area contributed by atoms with E-state index in [4.69, 9.17) is 5.11 Å². The number of benzene rings is 1. The molecule has 0 spiro atoms. The second-order valence-corrected chi connectivity index (χ2v) is 3.71. The van der Waals surface area contributed by atoms with E-state index in [9.17, 15) is 4.79 Å². The molecular weight excluding hydrogens is 198 g/mol. The third-order valence-electron chi connectivity index (χ3n) is 1.98. The highest BCUT2D eigenvalue weighted by Crippen LogP contribution is 2.18. The topological polar surface area (TPSA) is 49.3 Å². The number of hydrogen-bond acceptors (Lipinski definition) is 3. The summed E-state index contributed by atoms with van der Waals surface area (Å²) in [6.07, 6.45) is 1.99. The van der Waals surface area contributed by atoms with E-state index >= 15 is 0 Å². The Labute approximate surface area is 87.5 Å². The van der Waals surface area contributed by atoms with Gasteiger partial charge < -0.3 is 10.4 Å². The lowest BCUT2D eigenvalue weighted by molar-refractivity contribution is -0.139. The van der Waals surface area contributed by atoms with E-state index in [-0.39, 0.29) is 0 Å². The third-order valence-corrected chi connectivity index (χ3v) is 2.73. The molecule has 1 aromatic carbocycles. The number of carbonyl (C=O) groups is 1. The van der Waals surface area contributed by atoms with Gasteiger partial charge in [0.15, 0.2) is 0 Å². The highest BCUT2D eigenvalue weighted by atomic mass is 32.2. The number of carboxylic acids is 1. The molecule has 3 nitrogen and oxygen atoms in total. The average molecular weight is 211 g/mol. The summed E-state index contributed by atoms with van der Waals surface area (Å²) in [7, 11) is 1.64. The van der Waals surface area contributed by atoms with Gasteiger partial charge in [0, 0.05) is 4.90 Å². The van der Waals surface area contributed by atoms with Crippen molar-refractivity contribution < 1.29 is 9.90 Å². The highest BCUT2D eigenvalue weighted by Gasteiger charge is 2.16. The van der Waals surface area contributed by atoms with Crippen molar-refractivity contribution in [1.82, 2.24) is 5.32 Å². The van der Waals surface area contributed by atoms with Crippen LogP contribution in [0.15, 0.2) is 29.2 Å². The first-order valence-electron chi connectivity index (χ1n) is 4.23. The molecule has 2 N–H and O–H groups in total. The summed E-state index contributed by atoms with van der Waals surface area (Å²) in [5.74, 6) is -0.857. The quantitative estimate of drug-likeness (QED) is 0.745. The summed E-state index contributed by atoms with van der Waals surface area (Å²) >= 11 is 1.64. The van der Waals surface area contributed by atoms with E-state index in [0.717, 1.165) is 10.5 Å². The Hall–Kier alpha value is -1.00. The molecule has 0 saturated heterocycles. The van der Waals surface area contributed by atoms with Crippen molar-refractivity contribution in [2.45, 2.75) is 10.9 Å². The van der Waals surface area contributed by atoms with Crippen molar-refractivity contribution in [3.63, 3.8) is 0 Å². The number of rotatable bonds is 4. The number of likely N-dealkylation sites (N-methyl/N-ethyl adjacent to an activating group) is 1. The molecule has 76 valence electrons. The molecule has 0 aliphatic carbocycles. The van der Waals surface area contributed by atoms with Gasteiger partial charge in [-0.15, -0.1) is 11.8 Å². The molecule has 0 aliphatic rings. The van der Waals surface area contributed by atoms with Gasteiger partial charge in [-0.05, 0) is 31.0 Å². The van der Waals surface area contributed by atoms with Crippen LogP contribution in [0.2, 0.25) is 0 Å². The lowest BCUT2D eigenvalue weighted by Crippen LogP contribution is -2.24. The molecule has 0 fully saturated rings. The second-order valence-electron chi connectivity index (χ2n) is 2.83. The van der Waals surface area contributed by atoms with Crippen LogP contribution >= 0.6 is 11.8 Å². The minimum atomic E-state index is -0.857. The van der Waals surface area contributed by atoms with Crippen LogP contribution in [0.5, 0.6) is 0 Å². The maximum absolute atomic E-state index is 10.8. The number of carboxylic acid groups (broad SMARTS) is 1. The Balaban J connectivity index is 2.89. The van der Waals surface area contributed by atoms with E-state index < -0.39 is 12.0 Å². The van der Waals surface area contributed by atoms with E-state index in [1.165, 1.54) is 0 Å². The van der Waals surface area contributed by atoms with Crippen molar-refractivity contribution in [2.75, 3.05) is 13.3 Å². The lowest BCUT2D eigenvalue weighted by atomic mass is 10.1. The van der Waals surface area contributed by atoms with Crippen LogP contribution in [0.4, 0.5) is 0 Å². The number of hydrogen-bond donors (Lipinski definition) is 2. The molecule has 0 aromatic heterocycles. The van der Waals surface area contributed by atoms with Crippen LogP contribution in [0, 0.1) is 0 Å². The zero-order chi connectivity index (χ0) is 10.6. The van der Waals surface area contributed by atoms with Gasteiger partial charge in [0.1, 0.15) is 6.04 Å². The Bertz CT molecular complexity index is 310. The minimum absolute atomic E-state index is 0.620. The fraction of sp³-hybridized carbons (Fsp3) is 0.300. The number of nitrogens with one attached hydrogen (secondary N) is 1. The Kier molecular flexibility index (Phi) is 3.98. The lowest BCUT2D eigenvalue weighted by Gasteiger charge is -2.11. The van der Waals surface area contributed by atoms with Crippen LogP contribution in [-0.4, -0.2) is 24.4 Å². The smallest absolute Gasteiger partial charge is 0.325 e. The normalized spacial score (nSPS) is 12.4. The van der Waals surface area contributed by atoms with Gasteiger partial charge in [-0.25, -0.2) is 0 Å². The molecule has 1 rings (SSSR count). The van der Waals surface area contributed by atoms with Gasteiger partial charge in [-0.3, -0.25) is 4.79 Å². The fourth-order valence-corrected chi connectivity index (χ4v) is 1.64. The zero-order valence-corrected chi connectivity index (χ0v) is 8.97. The Morgan fingerprint density at radius 1 is 1.43 bits per heavy atom. The fourth-order valence-electron chi connectivity index (χ4n) is 1.23. The summed E-state index contributed by atoms with van der Waals surface area (Å²) in [6, 6.07) is 6.90. The van der Waals surface area contributed by atoms with Gasteiger partial charge in [0.2, 0.25) is 0 Å². The van der Waals surface area contributed by atoms with E-state index in [2.05, 4.69) is 5.32 Å². The molecule has 0 amide bonds. The zero-order valence-electron chi connectivity index (χ0n) is 8.15. The first kappa shape index (κ1) is 11.1. The number of aliphatic carboxylic acids is 1. The first-order chi connectivity index (χ1) is 6.69. The van der Waals surface area contributed by atoms with Gasteiger partial charge in [-0.1, -0.05) is 12.1 Å². The molecule has 1 aromatic rings. The first-order valence-corrected chi connectivity index (χ1v) is 5.45. The minimum Gasteiger partial charge on any atom is -0.480 e. The largest absolute Gasteiger partial charge is 0.480 e. The van der Waals surface area contributed by atoms with Gasteiger partial charge in [0.05, 0.1) is 0 Å². The van der Waals surface area contributed by atoms with Crippen molar-refractivity contribution in [3.8, 4) is 0 Å². The van der Waals surface area contributed by atoms with Crippen LogP contribution in [0.25, 0.3) is 0 Å². The van der Waals surface area contributed by atoms with Crippen LogP contribution in [-0.2, 0) is 4.79 Å². The van der Waals surface area contributed by atoms with E-state index in [0.29, 0.717) is 0 Å². The molecule has 1 atom stereocenters. The predicted molar refractivity (Wildman–Crippen MR) is 57.7 cm³/mol. The van der Waals surface area contributed by atoms with Crippen LogP contribution < -0.4 is 5.32 Å². The van der Waals surface area contributed by atoms with E-state index in [1.54, 1.807) is 18.8 Å². The van der Waals surface area contributed by atoms with Crippen molar-refractivity contribution in [2.24, 2.45) is 0 Å². The molecule has 14 heavy (non-hydrogen) atoms. The molecule has 0 radical (unpaired) electrons. The predicted octanol–water partition coefficient (Wildman–Crippen LogP) is 1.75. The molecule has 0 aliphatic heterocycles. The van der Waals surface area contributed by atoms with Crippen molar-refractivity contribution in [3.05, 3.63) is 29.8 Å². The summed E-state index contributed by atoms with van der Waals surface area (Å²) in [5.41, 5.74) is 0.776. The standard InChI is InChI=1S/C10H13NO2S/c1-11-9(10(12)13)7-3-5-8(14-2)6-4-7/h3-6,9,11H,1-2H3,(H,12,13). The average Bonchev–Trinajstić information content (AvgIpc) is 2.19. The molecule has 1 unspecified atom stereocenters. The highest BCUT2D eigenvalue weighted by molar-refractivity contribution is 7.98. The Morgan fingerprint density at radius 2 is 2.00 bits per heavy atom. The third kappa shape index (κ3) is 2.49. The molecule has 0 bridgehead atoms. The summed E-state index contributed by atoms with van der Waals surface area (Å²) in [4.78, 5) is 12.0. The van der Waals surface area contributed by atoms with E-state index in [1.807, 2.05) is 30.5 Å². The van der Waals surface area contributed by atoms with Gasteiger partial charge >= 0.3 is 5.97 Å². The maximum Gasteiger partial charge on any atom is 0.325 e. The maximum atomic E-state index is 10.8. The summed E-state index contributed by atoms with van der Waals surface area (Å²) in [6.45, 7) is 0. The second kappa shape index (κ2) is 5.02. The molecule has 0 saturated carbocycles. The van der Waals surface area contributed by atoms with Crippen molar-refractivity contribution >= 4 is 17.7 Å². The van der Waals surface area contributed by atoms with Crippen LogP contribution in [0.3, 0.4) is 0 Å². The van der Waals surface area contributed by atoms with Gasteiger partial charge in [0.25, 0.3) is 0 Å². The van der Waals surface area contributed by atoms with Crippen LogP contribution in [0.1, 0.15) is 11.6 Å². The summed E-state index contributed by atoms with van der Waals surface area (Å²) < 4.78 is 0. The van der Waals surface area contributed by atoms with Gasteiger partial charge in [-0.2, -0.15) is 0 Å². The summed E-state index contributed by atoms with van der Waals surface area (Å²) in [5, 5.41) is 11.6.